The van der Waals surface area contributed by atoms with Gasteiger partial charge < -0.3 is 8.85 Å². The van der Waals surface area contributed by atoms with Crippen molar-refractivity contribution in [1.29, 1.82) is 0 Å². The first kappa shape index (κ1) is 27.4. The second-order valence-electron chi connectivity index (χ2n) is 9.60. The molecule has 6 heteroatoms. The number of thioether (sulfide) groups is 1. The molecule has 162 valence electrons. The van der Waals surface area contributed by atoms with Gasteiger partial charge in [-0.3, -0.25) is 4.79 Å². The minimum absolute atomic E-state index is 0.0412. The normalized spacial score (nSPS) is 15.0. The zero-order chi connectivity index (χ0) is 20.9. The average Bonchev–Trinajstić information content (AvgIpc) is 2.49. The summed E-state index contributed by atoms with van der Waals surface area (Å²) in [6.07, 6.45) is 12.1. The molecule has 0 heterocycles. The Balaban J connectivity index is 4.17. The van der Waals surface area contributed by atoms with Crippen LogP contribution in [0.5, 0.6) is 0 Å². The molecule has 0 fully saturated rings. The first-order valence-corrected chi connectivity index (χ1v) is 18.7. The van der Waals surface area contributed by atoms with Gasteiger partial charge in [-0.05, 0) is 52.6 Å². The van der Waals surface area contributed by atoms with Crippen LogP contribution in [0.1, 0.15) is 78.1 Å². The van der Waals surface area contributed by atoms with Crippen LogP contribution in [0.2, 0.25) is 39.3 Å². The molecule has 0 radical (unpaired) electrons. The molecule has 0 aromatic carbocycles. The van der Waals surface area contributed by atoms with E-state index in [0.717, 1.165) is 6.42 Å². The van der Waals surface area contributed by atoms with Crippen LogP contribution in [0.4, 0.5) is 0 Å². The van der Waals surface area contributed by atoms with Crippen molar-refractivity contribution in [3.8, 4) is 0 Å². The first-order valence-electron chi connectivity index (χ1n) is 11.0. The predicted molar refractivity (Wildman–Crippen MR) is 127 cm³/mol. The van der Waals surface area contributed by atoms with E-state index in [2.05, 4.69) is 53.1 Å². The molecule has 0 aliphatic heterocycles. The number of rotatable bonds is 16. The first-order chi connectivity index (χ1) is 12.4. The number of unbranched alkanes of at least 4 members (excludes halogenated alkanes) is 8. The molecule has 0 aromatic rings. The Hall–Kier alpha value is 0.374. The Labute approximate surface area is 176 Å². The molecule has 0 bridgehead atoms. The lowest BCUT2D eigenvalue weighted by Gasteiger charge is -2.33. The smallest absolute Gasteiger partial charge is 0.191 e. The molecule has 0 amide bonds. The summed E-state index contributed by atoms with van der Waals surface area (Å²) in [5, 5.41) is 0.257. The Morgan fingerprint density at radius 1 is 0.778 bits per heavy atom. The van der Waals surface area contributed by atoms with Crippen LogP contribution in [0, 0.1) is 0 Å². The third kappa shape index (κ3) is 18.2. The van der Waals surface area contributed by atoms with Gasteiger partial charge in [-0.25, -0.2) is 0 Å². The molecule has 0 rings (SSSR count). The molecule has 3 nitrogen and oxygen atoms in total. The second-order valence-corrected chi connectivity index (χ2v) is 19.7. The topological polar surface area (TPSA) is 35.5 Å². The van der Waals surface area contributed by atoms with Crippen LogP contribution >= 0.6 is 11.8 Å². The van der Waals surface area contributed by atoms with Crippen molar-refractivity contribution in [2.24, 2.45) is 0 Å². The van der Waals surface area contributed by atoms with Crippen LogP contribution in [0.15, 0.2) is 0 Å². The lowest BCUT2D eigenvalue weighted by atomic mass is 10.1. The van der Waals surface area contributed by atoms with E-state index < -0.39 is 16.6 Å². The lowest BCUT2D eigenvalue weighted by Crippen LogP contribution is -2.42. The van der Waals surface area contributed by atoms with E-state index in [9.17, 15) is 4.79 Å². The van der Waals surface area contributed by atoms with Crippen LogP contribution in [-0.2, 0) is 13.6 Å². The maximum absolute atomic E-state index is 12.5. The molecular weight excluding hydrogens is 388 g/mol. The molecule has 0 saturated carbocycles. The zero-order valence-electron chi connectivity index (χ0n) is 19.4. The summed E-state index contributed by atoms with van der Waals surface area (Å²) in [5.74, 6) is 0. The van der Waals surface area contributed by atoms with Gasteiger partial charge in [-0.1, -0.05) is 70.1 Å². The van der Waals surface area contributed by atoms with Crippen molar-refractivity contribution in [3.63, 3.8) is 0 Å². The molecule has 2 atom stereocenters. The zero-order valence-corrected chi connectivity index (χ0v) is 22.2. The van der Waals surface area contributed by atoms with E-state index in [-0.39, 0.29) is 16.7 Å². The number of carbonyl (C=O) groups is 1. The summed E-state index contributed by atoms with van der Waals surface area (Å²) in [7, 11) is -3.38. The number of carbonyl (C=O) groups excluding carboxylic acids is 1. The molecule has 0 N–H and O–H groups in total. The number of hydrogen-bond donors (Lipinski definition) is 0. The molecule has 0 spiro atoms. The largest absolute Gasteiger partial charge is 0.412 e. The molecule has 0 aliphatic carbocycles. The van der Waals surface area contributed by atoms with E-state index in [1.165, 1.54) is 63.1 Å². The predicted octanol–water partition coefficient (Wildman–Crippen LogP) is 7.58. The van der Waals surface area contributed by atoms with Crippen LogP contribution in [0.3, 0.4) is 0 Å². The minimum Gasteiger partial charge on any atom is -0.412 e. The Morgan fingerprint density at radius 3 is 1.67 bits per heavy atom. The van der Waals surface area contributed by atoms with Gasteiger partial charge in [0, 0.05) is 6.42 Å². The summed E-state index contributed by atoms with van der Waals surface area (Å²) >= 11 is 1.37. The summed E-state index contributed by atoms with van der Waals surface area (Å²) in [5.41, 5.74) is -0.172. The highest BCUT2D eigenvalue weighted by atomic mass is 32.2. The molecule has 27 heavy (non-hydrogen) atoms. The van der Waals surface area contributed by atoms with E-state index in [4.69, 9.17) is 8.85 Å². The van der Waals surface area contributed by atoms with Gasteiger partial charge in [-0.15, -0.1) is 0 Å². The van der Waals surface area contributed by atoms with Crippen LogP contribution in [-0.4, -0.2) is 33.3 Å². The quantitative estimate of drug-likeness (QED) is 0.142. The van der Waals surface area contributed by atoms with Gasteiger partial charge in [0.1, 0.15) is 5.44 Å². The highest BCUT2D eigenvalue weighted by molar-refractivity contribution is 8.14. The fourth-order valence-corrected chi connectivity index (χ4v) is 7.00. The van der Waals surface area contributed by atoms with Gasteiger partial charge in [0.15, 0.2) is 21.8 Å². The van der Waals surface area contributed by atoms with Crippen molar-refractivity contribution in [2.45, 2.75) is 129 Å². The third-order valence-corrected chi connectivity index (χ3v) is 7.51. The van der Waals surface area contributed by atoms with Crippen molar-refractivity contribution in [2.75, 3.05) is 0 Å². The molecule has 0 aliphatic rings. The van der Waals surface area contributed by atoms with Gasteiger partial charge in [0.2, 0.25) is 0 Å². The highest BCUT2D eigenvalue weighted by Gasteiger charge is 2.31. The summed E-state index contributed by atoms with van der Waals surface area (Å²) < 4.78 is 12.5. The average molecular weight is 435 g/mol. The van der Waals surface area contributed by atoms with E-state index in [0.29, 0.717) is 6.42 Å². The maximum Gasteiger partial charge on any atom is 0.191 e. The SMILES string of the molecule is CCCCCCCCCCCC(=O)SC(O[Si](C)(C)C)C(C)O[Si](C)(C)C. The van der Waals surface area contributed by atoms with E-state index >= 15 is 0 Å². The van der Waals surface area contributed by atoms with Crippen LogP contribution in [0.25, 0.3) is 0 Å². The van der Waals surface area contributed by atoms with Gasteiger partial charge >= 0.3 is 0 Å². The Kier molecular flexibility index (Phi) is 14.6. The van der Waals surface area contributed by atoms with Crippen LogP contribution < -0.4 is 0 Å². The molecular formula is C21H46O3SSi2. The summed E-state index contributed by atoms with van der Waals surface area (Å²) in [6.45, 7) is 17.4. The molecule has 0 aromatic heterocycles. The summed E-state index contributed by atoms with van der Waals surface area (Å²) in [4.78, 5) is 12.5. The molecule has 2 unspecified atom stereocenters. The van der Waals surface area contributed by atoms with E-state index in [1.807, 2.05) is 0 Å². The van der Waals surface area contributed by atoms with Gasteiger partial charge in [0.25, 0.3) is 0 Å². The summed E-state index contributed by atoms with van der Waals surface area (Å²) in [6, 6.07) is 0. The Morgan fingerprint density at radius 2 is 1.22 bits per heavy atom. The Bertz CT molecular complexity index is 392. The van der Waals surface area contributed by atoms with E-state index in [1.54, 1.807) is 0 Å². The molecule has 0 saturated heterocycles. The van der Waals surface area contributed by atoms with Crippen molar-refractivity contribution in [3.05, 3.63) is 0 Å². The standard InChI is InChI=1S/C21H46O3SSi2/c1-9-10-11-12-13-14-15-16-17-18-20(22)25-21(24-27(6,7)8)19(2)23-26(3,4)5/h19,21H,9-18H2,1-8H3. The fourth-order valence-electron chi connectivity index (χ4n) is 2.95. The fraction of sp³-hybridized carbons (Fsp3) is 0.952. The maximum atomic E-state index is 12.5. The number of hydrogen-bond acceptors (Lipinski definition) is 4. The van der Waals surface area contributed by atoms with Gasteiger partial charge in [0.05, 0.1) is 6.10 Å². The van der Waals surface area contributed by atoms with Crippen molar-refractivity contribution < 1.29 is 13.6 Å². The third-order valence-electron chi connectivity index (χ3n) is 4.12. The second kappa shape index (κ2) is 14.4. The highest BCUT2D eigenvalue weighted by Crippen LogP contribution is 2.27. The minimum atomic E-state index is -1.73. The van der Waals surface area contributed by atoms with Gasteiger partial charge in [-0.2, -0.15) is 0 Å². The lowest BCUT2D eigenvalue weighted by molar-refractivity contribution is -0.111. The van der Waals surface area contributed by atoms with Crippen molar-refractivity contribution in [1.82, 2.24) is 0 Å². The van der Waals surface area contributed by atoms with Crippen molar-refractivity contribution >= 4 is 33.5 Å². The monoisotopic (exact) mass is 434 g/mol.